The van der Waals surface area contributed by atoms with Crippen LogP contribution < -0.4 is 5.73 Å². The first kappa shape index (κ1) is 15.1. The summed E-state index contributed by atoms with van der Waals surface area (Å²) in [5, 5.41) is 4.03. The van der Waals surface area contributed by atoms with Crippen LogP contribution in [0, 0.1) is 0 Å². The highest BCUT2D eigenvalue weighted by molar-refractivity contribution is 7.80. The van der Waals surface area contributed by atoms with Crippen molar-refractivity contribution in [2.75, 3.05) is 6.54 Å². The number of aromatic nitrogens is 3. The zero-order valence-electron chi connectivity index (χ0n) is 11.8. The van der Waals surface area contributed by atoms with Gasteiger partial charge in [0.1, 0.15) is 0 Å². The summed E-state index contributed by atoms with van der Waals surface area (Å²) in [5.74, 6) is -0.0943. The summed E-state index contributed by atoms with van der Waals surface area (Å²) in [5.41, 5.74) is 7.04. The summed E-state index contributed by atoms with van der Waals surface area (Å²) in [7, 11) is 1.78. The Balaban J connectivity index is 2.14. The van der Waals surface area contributed by atoms with Crippen LogP contribution in [-0.2, 0) is 13.6 Å². The van der Waals surface area contributed by atoms with Crippen molar-refractivity contribution in [2.24, 2.45) is 12.8 Å². The van der Waals surface area contributed by atoms with Gasteiger partial charge in [-0.1, -0.05) is 18.3 Å². The van der Waals surface area contributed by atoms with Gasteiger partial charge in [-0.3, -0.25) is 14.5 Å². The molecule has 2 heterocycles. The number of hydrogen-bond acceptors (Lipinski definition) is 4. The maximum absolute atomic E-state index is 12.5. The molecule has 0 saturated heterocycles. The molecule has 0 aromatic carbocycles. The predicted octanol–water partition coefficient (Wildman–Crippen LogP) is 1.13. The lowest BCUT2D eigenvalue weighted by molar-refractivity contribution is 0.0748. The molecule has 6 nitrogen and oxygen atoms in total. The maximum Gasteiger partial charge on any atom is 0.257 e. The van der Waals surface area contributed by atoms with Crippen LogP contribution in [0.15, 0.2) is 36.9 Å². The van der Waals surface area contributed by atoms with E-state index < -0.39 is 0 Å². The zero-order chi connectivity index (χ0) is 15.2. The second-order valence-corrected chi connectivity index (χ2v) is 5.23. The number of rotatable bonds is 6. The van der Waals surface area contributed by atoms with Gasteiger partial charge < -0.3 is 10.6 Å². The van der Waals surface area contributed by atoms with E-state index >= 15 is 0 Å². The smallest absolute Gasteiger partial charge is 0.257 e. The molecule has 110 valence electrons. The number of nitrogens with zero attached hydrogens (tertiary/aromatic N) is 4. The first-order chi connectivity index (χ1) is 10.1. The number of nitrogens with two attached hydrogens (primary N) is 1. The van der Waals surface area contributed by atoms with Gasteiger partial charge in [-0.15, -0.1) is 0 Å². The minimum atomic E-state index is -0.0943. The number of pyridine rings is 1. The Bertz CT molecular complexity index is 625. The molecule has 7 heteroatoms. The number of thiocarbonyl (C=S) groups is 1. The molecule has 0 bridgehead atoms. The van der Waals surface area contributed by atoms with Crippen LogP contribution in [0.3, 0.4) is 0 Å². The maximum atomic E-state index is 12.5. The average molecular weight is 303 g/mol. The fourth-order valence-electron chi connectivity index (χ4n) is 1.92. The lowest BCUT2D eigenvalue weighted by atomic mass is 10.2. The minimum absolute atomic E-state index is 0.0943. The third-order valence-electron chi connectivity index (χ3n) is 2.96. The zero-order valence-corrected chi connectivity index (χ0v) is 12.6. The molecule has 0 atom stereocenters. The van der Waals surface area contributed by atoms with Gasteiger partial charge >= 0.3 is 0 Å². The van der Waals surface area contributed by atoms with Gasteiger partial charge in [-0.05, 0) is 11.6 Å². The summed E-state index contributed by atoms with van der Waals surface area (Å²) >= 11 is 4.90. The first-order valence-electron chi connectivity index (χ1n) is 6.51. The Hall–Kier alpha value is -2.28. The molecule has 0 radical (unpaired) electrons. The number of carbonyl (C=O) groups excluding carboxylic acids is 1. The normalized spacial score (nSPS) is 10.3. The summed E-state index contributed by atoms with van der Waals surface area (Å²) < 4.78 is 1.60. The lowest BCUT2D eigenvalue weighted by Gasteiger charge is -2.22. The molecule has 1 amide bonds. The molecule has 0 unspecified atom stereocenters. The molecular weight excluding hydrogens is 286 g/mol. The second kappa shape index (κ2) is 6.94. The van der Waals surface area contributed by atoms with Crippen molar-refractivity contribution in [3.8, 4) is 0 Å². The van der Waals surface area contributed by atoms with E-state index in [0.717, 1.165) is 5.56 Å². The minimum Gasteiger partial charge on any atom is -0.393 e. The molecule has 0 aliphatic heterocycles. The molecule has 0 aliphatic rings. The van der Waals surface area contributed by atoms with Crippen LogP contribution in [0.4, 0.5) is 0 Å². The fraction of sp³-hybridized carbons (Fsp3) is 0.286. The lowest BCUT2D eigenvalue weighted by Crippen LogP contribution is -2.33. The third-order valence-corrected chi connectivity index (χ3v) is 3.17. The van der Waals surface area contributed by atoms with Gasteiger partial charge in [0, 0.05) is 45.1 Å². The van der Waals surface area contributed by atoms with Gasteiger partial charge in [0.15, 0.2) is 0 Å². The summed E-state index contributed by atoms with van der Waals surface area (Å²) in [6.45, 7) is 0.933. The highest BCUT2D eigenvalue weighted by atomic mass is 32.1. The van der Waals surface area contributed by atoms with Crippen molar-refractivity contribution in [3.05, 3.63) is 48.0 Å². The van der Waals surface area contributed by atoms with Gasteiger partial charge in [0.05, 0.1) is 16.7 Å². The van der Waals surface area contributed by atoms with E-state index in [1.54, 1.807) is 41.4 Å². The van der Waals surface area contributed by atoms with E-state index in [9.17, 15) is 4.79 Å². The standard InChI is InChI=1S/C14H17N5OS/c1-18-10-12(8-17-18)14(20)19(6-4-13(15)21)9-11-3-2-5-16-7-11/h2-3,5,7-8,10H,4,6,9H2,1H3,(H2,15,21). The van der Waals surface area contributed by atoms with Gasteiger partial charge in [0.25, 0.3) is 5.91 Å². The largest absolute Gasteiger partial charge is 0.393 e. The van der Waals surface area contributed by atoms with E-state index in [4.69, 9.17) is 18.0 Å². The predicted molar refractivity (Wildman–Crippen MR) is 83.6 cm³/mol. The second-order valence-electron chi connectivity index (χ2n) is 4.71. The van der Waals surface area contributed by atoms with Crippen molar-refractivity contribution in [2.45, 2.75) is 13.0 Å². The Kier molecular flexibility index (Phi) is 4.99. The van der Waals surface area contributed by atoms with E-state index in [2.05, 4.69) is 10.1 Å². The summed E-state index contributed by atoms with van der Waals surface area (Å²) in [6.07, 6.45) is 7.18. The SMILES string of the molecule is Cn1cc(C(=O)N(CCC(N)=S)Cc2cccnc2)cn1. The first-order valence-corrected chi connectivity index (χ1v) is 6.92. The Morgan fingerprint density at radius 3 is 2.86 bits per heavy atom. The van der Waals surface area contributed by atoms with Crippen LogP contribution in [-0.4, -0.2) is 37.1 Å². The van der Waals surface area contributed by atoms with Crippen molar-refractivity contribution in [1.82, 2.24) is 19.7 Å². The van der Waals surface area contributed by atoms with Gasteiger partial charge in [-0.25, -0.2) is 0 Å². The van der Waals surface area contributed by atoms with Crippen molar-refractivity contribution in [1.29, 1.82) is 0 Å². The van der Waals surface area contributed by atoms with Crippen molar-refractivity contribution >= 4 is 23.1 Å². The molecular formula is C14H17N5OS. The van der Waals surface area contributed by atoms with Crippen LogP contribution in [0.2, 0.25) is 0 Å². The molecule has 0 saturated carbocycles. The number of amides is 1. The summed E-state index contributed by atoms with van der Waals surface area (Å²) in [6, 6.07) is 3.77. The van der Waals surface area contributed by atoms with Crippen LogP contribution in [0.5, 0.6) is 0 Å². The van der Waals surface area contributed by atoms with Gasteiger partial charge in [0.2, 0.25) is 0 Å². The molecule has 2 rings (SSSR count). The Morgan fingerprint density at radius 1 is 1.48 bits per heavy atom. The molecule has 2 N–H and O–H groups in total. The number of aryl methyl sites for hydroxylation is 1. The number of carbonyl (C=O) groups is 1. The quantitative estimate of drug-likeness (QED) is 0.810. The van der Waals surface area contributed by atoms with E-state index in [1.165, 1.54) is 0 Å². The summed E-state index contributed by atoms with van der Waals surface area (Å²) in [4.78, 5) is 18.7. The Labute approximate surface area is 128 Å². The van der Waals surface area contributed by atoms with Crippen LogP contribution in [0.25, 0.3) is 0 Å². The average Bonchev–Trinajstić information content (AvgIpc) is 2.90. The third kappa shape index (κ3) is 4.35. The van der Waals surface area contributed by atoms with Gasteiger partial charge in [-0.2, -0.15) is 5.10 Å². The van der Waals surface area contributed by atoms with Crippen molar-refractivity contribution < 1.29 is 4.79 Å². The fourth-order valence-corrected chi connectivity index (χ4v) is 2.02. The topological polar surface area (TPSA) is 77.0 Å². The molecule has 21 heavy (non-hydrogen) atoms. The number of hydrogen-bond donors (Lipinski definition) is 1. The molecule has 0 spiro atoms. The highest BCUT2D eigenvalue weighted by Crippen LogP contribution is 2.09. The highest BCUT2D eigenvalue weighted by Gasteiger charge is 2.17. The van der Waals surface area contributed by atoms with E-state index in [0.29, 0.717) is 30.1 Å². The van der Waals surface area contributed by atoms with Crippen LogP contribution >= 0.6 is 12.2 Å². The molecule has 2 aromatic heterocycles. The Morgan fingerprint density at radius 2 is 2.29 bits per heavy atom. The van der Waals surface area contributed by atoms with Crippen LogP contribution in [0.1, 0.15) is 22.3 Å². The van der Waals surface area contributed by atoms with Crippen molar-refractivity contribution in [3.63, 3.8) is 0 Å². The van der Waals surface area contributed by atoms with E-state index in [-0.39, 0.29) is 5.91 Å². The molecule has 0 aliphatic carbocycles. The molecule has 2 aromatic rings. The molecule has 0 fully saturated rings. The monoisotopic (exact) mass is 303 g/mol. The van der Waals surface area contributed by atoms with E-state index in [1.807, 2.05) is 12.1 Å².